The number of benzene rings is 1. The van der Waals surface area contributed by atoms with Crippen LogP contribution in [0.1, 0.15) is 0 Å². The van der Waals surface area contributed by atoms with E-state index in [1.165, 1.54) is 0 Å². The Labute approximate surface area is 118 Å². The van der Waals surface area contributed by atoms with E-state index in [4.69, 9.17) is 4.74 Å². The summed E-state index contributed by atoms with van der Waals surface area (Å²) in [4.78, 5) is 9.20. The standard InChI is InChI=1S/C12H19N3O3S/c1-14-5-7-15(8-6-14)11-9-10(13-17-18-19)3-4-12(11)16-2/h3-4,9,13,19H,5-8H2,1-2H3. The molecule has 0 aliphatic carbocycles. The Bertz CT molecular complexity index is 411. The fourth-order valence-electron chi connectivity index (χ4n) is 2.11. The van der Waals surface area contributed by atoms with Gasteiger partial charge < -0.3 is 14.5 Å². The molecule has 106 valence electrons. The molecule has 0 bridgehead atoms. The minimum absolute atomic E-state index is 0.781. The van der Waals surface area contributed by atoms with Gasteiger partial charge in [-0.2, -0.15) is 0 Å². The predicted molar refractivity (Wildman–Crippen MR) is 77.5 cm³/mol. The van der Waals surface area contributed by atoms with E-state index in [1.54, 1.807) is 7.11 Å². The molecule has 19 heavy (non-hydrogen) atoms. The first-order chi connectivity index (χ1) is 9.24. The molecule has 0 spiro atoms. The Kier molecular flexibility index (Phi) is 5.15. The minimum atomic E-state index is 0.781. The number of nitrogens with one attached hydrogen (secondary N) is 1. The summed E-state index contributed by atoms with van der Waals surface area (Å²) in [6.45, 7) is 4.02. The molecule has 1 aliphatic heterocycles. The molecule has 0 atom stereocenters. The molecular weight excluding hydrogens is 266 g/mol. The highest BCUT2D eigenvalue weighted by Gasteiger charge is 2.18. The molecule has 1 fully saturated rings. The topological polar surface area (TPSA) is 46.2 Å². The van der Waals surface area contributed by atoms with Crippen molar-refractivity contribution in [3.05, 3.63) is 18.2 Å². The van der Waals surface area contributed by atoms with Crippen LogP contribution in [0.3, 0.4) is 0 Å². The van der Waals surface area contributed by atoms with Crippen LogP contribution in [-0.4, -0.2) is 45.2 Å². The van der Waals surface area contributed by atoms with Crippen molar-refractivity contribution >= 4 is 24.3 Å². The monoisotopic (exact) mass is 285 g/mol. The summed E-state index contributed by atoms with van der Waals surface area (Å²) in [6, 6.07) is 5.72. The van der Waals surface area contributed by atoms with Crippen molar-refractivity contribution in [1.82, 2.24) is 4.90 Å². The fourth-order valence-corrected chi connectivity index (χ4v) is 2.15. The van der Waals surface area contributed by atoms with Gasteiger partial charge in [-0.1, -0.05) is 0 Å². The number of thiol groups is 1. The number of piperazine rings is 1. The zero-order valence-corrected chi connectivity index (χ0v) is 12.0. The van der Waals surface area contributed by atoms with Crippen LogP contribution in [0.2, 0.25) is 0 Å². The highest BCUT2D eigenvalue weighted by atomic mass is 32.1. The van der Waals surface area contributed by atoms with Gasteiger partial charge in [0.1, 0.15) is 5.75 Å². The van der Waals surface area contributed by atoms with Gasteiger partial charge in [0.05, 0.1) is 18.5 Å². The van der Waals surface area contributed by atoms with Gasteiger partial charge in [0.2, 0.25) is 0 Å². The smallest absolute Gasteiger partial charge is 0.142 e. The van der Waals surface area contributed by atoms with Gasteiger partial charge in [0, 0.05) is 39.1 Å². The molecule has 0 radical (unpaired) electrons. The molecule has 0 aromatic heterocycles. The Balaban J connectivity index is 2.15. The molecule has 0 amide bonds. The summed E-state index contributed by atoms with van der Waals surface area (Å²) in [5, 5.41) is 0. The highest BCUT2D eigenvalue weighted by Crippen LogP contribution is 2.32. The molecule has 0 unspecified atom stereocenters. The van der Waals surface area contributed by atoms with Crippen LogP contribution in [0, 0.1) is 0 Å². The van der Waals surface area contributed by atoms with Crippen molar-refractivity contribution in [2.75, 3.05) is 50.7 Å². The van der Waals surface area contributed by atoms with E-state index in [-0.39, 0.29) is 0 Å². The summed E-state index contributed by atoms with van der Waals surface area (Å²) in [5.74, 6) is 0.849. The third kappa shape index (κ3) is 3.66. The first-order valence-corrected chi connectivity index (χ1v) is 6.45. The van der Waals surface area contributed by atoms with Crippen molar-refractivity contribution in [2.45, 2.75) is 0 Å². The van der Waals surface area contributed by atoms with E-state index in [9.17, 15) is 0 Å². The number of hydrogen-bond acceptors (Lipinski definition) is 7. The summed E-state index contributed by atoms with van der Waals surface area (Å²) in [5.41, 5.74) is 4.47. The van der Waals surface area contributed by atoms with E-state index >= 15 is 0 Å². The molecule has 7 heteroatoms. The van der Waals surface area contributed by atoms with Crippen molar-refractivity contribution in [3.63, 3.8) is 0 Å². The molecule has 2 rings (SSSR count). The molecule has 0 saturated carbocycles. The second-order valence-electron chi connectivity index (χ2n) is 4.44. The molecule has 1 aliphatic rings. The van der Waals surface area contributed by atoms with Crippen molar-refractivity contribution in [2.24, 2.45) is 0 Å². The largest absolute Gasteiger partial charge is 0.495 e. The average Bonchev–Trinajstić information content (AvgIpc) is 2.45. The lowest BCUT2D eigenvalue weighted by Crippen LogP contribution is -2.44. The zero-order valence-electron chi connectivity index (χ0n) is 11.1. The van der Waals surface area contributed by atoms with Gasteiger partial charge >= 0.3 is 0 Å². The number of methoxy groups -OCH3 is 1. The van der Waals surface area contributed by atoms with E-state index < -0.39 is 0 Å². The lowest BCUT2D eigenvalue weighted by atomic mass is 10.2. The Morgan fingerprint density at radius 3 is 2.58 bits per heavy atom. The van der Waals surface area contributed by atoms with Gasteiger partial charge in [0.25, 0.3) is 0 Å². The number of anilines is 2. The first-order valence-electron chi connectivity index (χ1n) is 6.09. The van der Waals surface area contributed by atoms with Gasteiger partial charge in [0.15, 0.2) is 0 Å². The molecular formula is C12H19N3O3S. The number of rotatable bonds is 5. The summed E-state index contributed by atoms with van der Waals surface area (Å²) < 4.78 is 9.65. The van der Waals surface area contributed by atoms with Gasteiger partial charge in [-0.3, -0.25) is 0 Å². The second kappa shape index (κ2) is 6.85. The van der Waals surface area contributed by atoms with Crippen LogP contribution in [0.5, 0.6) is 5.75 Å². The van der Waals surface area contributed by atoms with E-state index in [2.05, 4.69) is 44.6 Å². The van der Waals surface area contributed by atoms with E-state index in [0.717, 1.165) is 43.3 Å². The second-order valence-corrected chi connectivity index (χ2v) is 4.59. The fraction of sp³-hybridized carbons (Fsp3) is 0.500. The highest BCUT2D eigenvalue weighted by molar-refractivity contribution is 7.74. The van der Waals surface area contributed by atoms with Crippen molar-refractivity contribution in [1.29, 1.82) is 0 Å². The molecule has 1 heterocycles. The van der Waals surface area contributed by atoms with Crippen molar-refractivity contribution < 1.29 is 14.1 Å². The maximum absolute atomic E-state index is 5.41. The Morgan fingerprint density at radius 2 is 1.95 bits per heavy atom. The van der Waals surface area contributed by atoms with Crippen LogP contribution in [-0.2, 0) is 9.32 Å². The summed E-state index contributed by atoms with van der Waals surface area (Å²) in [6.07, 6.45) is 0. The lowest BCUT2D eigenvalue weighted by molar-refractivity contribution is -0.158. The Hall–Kier alpha value is -1.15. The molecule has 1 aromatic rings. The third-order valence-corrected chi connectivity index (χ3v) is 3.29. The average molecular weight is 285 g/mol. The zero-order chi connectivity index (χ0) is 13.7. The first kappa shape index (κ1) is 14.3. The normalized spacial score (nSPS) is 16.5. The molecule has 1 aromatic carbocycles. The van der Waals surface area contributed by atoms with Crippen LogP contribution >= 0.6 is 12.9 Å². The van der Waals surface area contributed by atoms with E-state index in [0.29, 0.717) is 0 Å². The SMILES string of the molecule is COc1ccc(NOOS)cc1N1CCN(C)CC1. The summed E-state index contributed by atoms with van der Waals surface area (Å²) >= 11 is 3.50. The van der Waals surface area contributed by atoms with Gasteiger partial charge in [-0.05, 0) is 25.2 Å². The summed E-state index contributed by atoms with van der Waals surface area (Å²) in [7, 11) is 3.81. The predicted octanol–water partition coefficient (Wildman–Crippen LogP) is 1.57. The van der Waals surface area contributed by atoms with Crippen LogP contribution in [0.25, 0.3) is 0 Å². The van der Waals surface area contributed by atoms with Gasteiger partial charge in [-0.15, -0.1) is 9.32 Å². The third-order valence-electron chi connectivity index (χ3n) is 3.22. The molecule has 6 nitrogen and oxygen atoms in total. The van der Waals surface area contributed by atoms with E-state index in [1.807, 2.05) is 18.2 Å². The number of nitrogens with zero attached hydrogens (tertiary/aromatic N) is 2. The lowest BCUT2D eigenvalue weighted by Gasteiger charge is -2.34. The van der Waals surface area contributed by atoms with Crippen LogP contribution < -0.4 is 15.1 Å². The maximum Gasteiger partial charge on any atom is 0.142 e. The van der Waals surface area contributed by atoms with Crippen LogP contribution in [0.15, 0.2) is 18.2 Å². The maximum atomic E-state index is 5.41. The Morgan fingerprint density at radius 1 is 1.21 bits per heavy atom. The molecule has 1 saturated heterocycles. The van der Waals surface area contributed by atoms with Crippen LogP contribution in [0.4, 0.5) is 11.4 Å². The molecule has 1 N–H and O–H groups in total. The number of likely N-dealkylation sites (N-methyl/N-ethyl adjacent to an activating group) is 1. The van der Waals surface area contributed by atoms with Gasteiger partial charge in [-0.25, -0.2) is 5.48 Å². The number of ether oxygens (including phenoxy) is 1. The van der Waals surface area contributed by atoms with Crippen molar-refractivity contribution in [3.8, 4) is 5.75 Å². The number of hydrogen-bond donors (Lipinski definition) is 2. The minimum Gasteiger partial charge on any atom is -0.495 e. The quantitative estimate of drug-likeness (QED) is 0.371.